The normalized spacial score (nSPS) is 18.9. The molecule has 1 aliphatic rings. The molecule has 1 saturated carbocycles. The zero-order valence-corrected chi connectivity index (χ0v) is 12.3. The molecule has 1 atom stereocenters. The maximum Gasteiger partial charge on any atom is 0.0694 e. The number of methoxy groups -OCH3 is 1. The first kappa shape index (κ1) is 14.5. The van der Waals surface area contributed by atoms with E-state index in [9.17, 15) is 0 Å². The van der Waals surface area contributed by atoms with Gasteiger partial charge in [0.2, 0.25) is 0 Å². The molecule has 1 aromatic rings. The van der Waals surface area contributed by atoms with Gasteiger partial charge in [-0.3, -0.25) is 11.3 Å². The van der Waals surface area contributed by atoms with E-state index in [-0.39, 0.29) is 11.6 Å². The minimum Gasteiger partial charge on any atom is -0.378 e. The van der Waals surface area contributed by atoms with Crippen LogP contribution in [0.4, 0.5) is 0 Å². The molecule has 0 spiro atoms. The van der Waals surface area contributed by atoms with E-state index in [0.29, 0.717) is 0 Å². The second-order valence-electron chi connectivity index (χ2n) is 6.01. The van der Waals surface area contributed by atoms with Gasteiger partial charge in [-0.15, -0.1) is 0 Å². The highest BCUT2D eigenvalue weighted by atomic mass is 16.5. The molecule has 3 heteroatoms. The summed E-state index contributed by atoms with van der Waals surface area (Å²) in [5.41, 5.74) is 7.02. The molecule has 1 aliphatic carbocycles. The van der Waals surface area contributed by atoms with Crippen LogP contribution in [-0.2, 0) is 11.2 Å². The monoisotopic (exact) mass is 262 g/mol. The topological polar surface area (TPSA) is 47.3 Å². The third-order valence-electron chi connectivity index (χ3n) is 4.32. The van der Waals surface area contributed by atoms with Crippen LogP contribution < -0.4 is 11.3 Å². The average molecular weight is 262 g/mol. The summed E-state index contributed by atoms with van der Waals surface area (Å²) in [5, 5.41) is 0. The molecule has 0 radical (unpaired) electrons. The second-order valence-corrected chi connectivity index (χ2v) is 6.01. The minimum absolute atomic E-state index is 0.0654. The molecule has 3 nitrogen and oxygen atoms in total. The van der Waals surface area contributed by atoms with Crippen molar-refractivity contribution in [1.29, 1.82) is 0 Å². The number of hydrazine groups is 1. The molecule has 0 heterocycles. The van der Waals surface area contributed by atoms with Crippen LogP contribution in [0.5, 0.6) is 0 Å². The number of hydrogen-bond acceptors (Lipinski definition) is 3. The fourth-order valence-corrected chi connectivity index (χ4v) is 3.17. The van der Waals surface area contributed by atoms with Crippen LogP contribution >= 0.6 is 0 Å². The highest BCUT2D eigenvalue weighted by Crippen LogP contribution is 2.39. The van der Waals surface area contributed by atoms with Gasteiger partial charge in [0.05, 0.1) is 5.60 Å². The van der Waals surface area contributed by atoms with Crippen LogP contribution in [0, 0.1) is 13.8 Å². The van der Waals surface area contributed by atoms with Gasteiger partial charge < -0.3 is 4.74 Å². The predicted octanol–water partition coefficient (Wildman–Crippen LogP) is 2.64. The highest BCUT2D eigenvalue weighted by molar-refractivity contribution is 5.29. The Morgan fingerprint density at radius 2 is 1.89 bits per heavy atom. The van der Waals surface area contributed by atoms with Crippen molar-refractivity contribution in [3.8, 4) is 0 Å². The van der Waals surface area contributed by atoms with E-state index in [1.165, 1.54) is 23.1 Å². The fraction of sp³-hybridized carbons (Fsp3) is 0.625. The van der Waals surface area contributed by atoms with Gasteiger partial charge in [0, 0.05) is 13.2 Å². The zero-order valence-electron chi connectivity index (χ0n) is 12.3. The Bertz CT molecular complexity index is 401. The van der Waals surface area contributed by atoms with Crippen molar-refractivity contribution >= 4 is 0 Å². The molecule has 1 unspecified atom stereocenters. The summed E-state index contributed by atoms with van der Waals surface area (Å²) >= 11 is 0. The van der Waals surface area contributed by atoms with Crippen LogP contribution in [0.15, 0.2) is 18.2 Å². The molecule has 0 bridgehead atoms. The zero-order chi connectivity index (χ0) is 13.9. The third-order valence-corrected chi connectivity index (χ3v) is 4.32. The molecule has 2 rings (SSSR count). The largest absolute Gasteiger partial charge is 0.378 e. The summed E-state index contributed by atoms with van der Waals surface area (Å²) < 4.78 is 5.70. The molecular weight excluding hydrogens is 236 g/mol. The van der Waals surface area contributed by atoms with Gasteiger partial charge >= 0.3 is 0 Å². The van der Waals surface area contributed by atoms with Crippen molar-refractivity contribution < 1.29 is 4.74 Å². The number of nitrogens with one attached hydrogen (secondary N) is 1. The molecule has 0 saturated heterocycles. The van der Waals surface area contributed by atoms with Crippen molar-refractivity contribution in [2.24, 2.45) is 5.84 Å². The lowest BCUT2D eigenvalue weighted by atomic mass is 9.75. The van der Waals surface area contributed by atoms with Gasteiger partial charge in [-0.25, -0.2) is 0 Å². The van der Waals surface area contributed by atoms with Crippen molar-refractivity contribution in [3.05, 3.63) is 34.9 Å². The summed E-state index contributed by atoms with van der Waals surface area (Å²) in [6.45, 7) is 4.29. The van der Waals surface area contributed by atoms with Crippen molar-refractivity contribution in [2.75, 3.05) is 7.11 Å². The molecule has 0 amide bonds. The molecule has 1 aromatic carbocycles. The first-order valence-electron chi connectivity index (χ1n) is 7.15. The number of rotatable bonds is 6. The minimum atomic E-state index is 0.0654. The van der Waals surface area contributed by atoms with Gasteiger partial charge in [-0.2, -0.15) is 0 Å². The summed E-state index contributed by atoms with van der Waals surface area (Å²) in [5.74, 6) is 5.73. The average Bonchev–Trinajstić information content (AvgIpc) is 2.31. The van der Waals surface area contributed by atoms with Crippen LogP contribution in [0.25, 0.3) is 0 Å². The molecule has 0 aromatic heterocycles. The Morgan fingerprint density at radius 3 is 2.32 bits per heavy atom. The van der Waals surface area contributed by atoms with E-state index < -0.39 is 0 Å². The molecule has 106 valence electrons. The Hall–Kier alpha value is -0.900. The maximum atomic E-state index is 5.73. The summed E-state index contributed by atoms with van der Waals surface area (Å²) in [6.07, 6.45) is 5.55. The summed E-state index contributed by atoms with van der Waals surface area (Å²) in [6, 6.07) is 6.98. The molecule has 1 fully saturated rings. The van der Waals surface area contributed by atoms with Crippen molar-refractivity contribution in [1.82, 2.24) is 5.43 Å². The number of ether oxygens (including phenoxy) is 1. The highest BCUT2D eigenvalue weighted by Gasteiger charge is 2.38. The first-order valence-corrected chi connectivity index (χ1v) is 7.15. The lowest BCUT2D eigenvalue weighted by Crippen LogP contribution is -2.48. The van der Waals surface area contributed by atoms with Crippen LogP contribution in [0.2, 0.25) is 0 Å². The van der Waals surface area contributed by atoms with Crippen molar-refractivity contribution in [3.63, 3.8) is 0 Å². The maximum absolute atomic E-state index is 5.73. The van der Waals surface area contributed by atoms with E-state index in [1.807, 2.05) is 7.11 Å². The smallest absolute Gasteiger partial charge is 0.0694 e. The number of hydrogen-bond donors (Lipinski definition) is 2. The predicted molar refractivity (Wildman–Crippen MR) is 78.9 cm³/mol. The second kappa shape index (κ2) is 6.04. The number of aryl methyl sites for hydroxylation is 2. The molecular formula is C16H26N2O. The Balaban J connectivity index is 2.02. The quantitative estimate of drug-likeness (QED) is 0.612. The summed E-state index contributed by atoms with van der Waals surface area (Å²) in [4.78, 5) is 0. The lowest BCUT2D eigenvalue weighted by Gasteiger charge is -2.42. The van der Waals surface area contributed by atoms with E-state index in [0.717, 1.165) is 25.7 Å². The van der Waals surface area contributed by atoms with E-state index in [2.05, 4.69) is 37.5 Å². The van der Waals surface area contributed by atoms with Gasteiger partial charge in [-0.05, 0) is 51.5 Å². The van der Waals surface area contributed by atoms with Crippen LogP contribution in [0.3, 0.4) is 0 Å². The van der Waals surface area contributed by atoms with E-state index >= 15 is 0 Å². The fourth-order valence-electron chi connectivity index (χ4n) is 3.17. The van der Waals surface area contributed by atoms with Crippen LogP contribution in [-0.4, -0.2) is 18.8 Å². The Kier molecular flexibility index (Phi) is 4.61. The van der Waals surface area contributed by atoms with Gasteiger partial charge in [0.25, 0.3) is 0 Å². The van der Waals surface area contributed by atoms with Crippen molar-refractivity contribution in [2.45, 2.75) is 57.6 Å². The van der Waals surface area contributed by atoms with Gasteiger partial charge in [0.15, 0.2) is 0 Å². The van der Waals surface area contributed by atoms with Crippen LogP contribution in [0.1, 0.15) is 42.4 Å². The number of nitrogens with two attached hydrogens (primary N) is 1. The lowest BCUT2D eigenvalue weighted by molar-refractivity contribution is -0.0834. The number of benzene rings is 1. The summed E-state index contributed by atoms with van der Waals surface area (Å²) in [7, 11) is 1.82. The standard InChI is InChI=1S/C16H26N2O/c1-12-7-13(2)9-14(8-12)10-15(18-17)11-16(19-3)5-4-6-16/h7-9,15,18H,4-6,10-11,17H2,1-3H3. The molecule has 19 heavy (non-hydrogen) atoms. The van der Waals surface area contributed by atoms with E-state index in [1.54, 1.807) is 0 Å². The Morgan fingerprint density at radius 1 is 1.26 bits per heavy atom. The molecule has 0 aliphatic heterocycles. The Labute approximate surface area is 116 Å². The third kappa shape index (κ3) is 3.56. The van der Waals surface area contributed by atoms with Gasteiger partial charge in [-0.1, -0.05) is 29.3 Å². The first-order chi connectivity index (χ1) is 9.07. The SMILES string of the molecule is COC1(CC(Cc2cc(C)cc(C)c2)NN)CCC1. The molecule has 3 N–H and O–H groups in total. The van der Waals surface area contributed by atoms with Gasteiger partial charge in [0.1, 0.15) is 0 Å². The van der Waals surface area contributed by atoms with E-state index in [4.69, 9.17) is 10.6 Å².